The van der Waals surface area contributed by atoms with E-state index in [1.54, 1.807) is 0 Å². The molecule has 0 heterocycles. The maximum atomic E-state index is 11.3. The van der Waals surface area contributed by atoms with E-state index in [0.29, 0.717) is 0 Å². The fourth-order valence-corrected chi connectivity index (χ4v) is 3.67. The van der Waals surface area contributed by atoms with Gasteiger partial charge in [0, 0.05) is 0 Å². The predicted octanol–water partition coefficient (Wildman–Crippen LogP) is 5.18. The van der Waals surface area contributed by atoms with Crippen LogP contribution in [-0.2, 0) is 5.41 Å². The van der Waals surface area contributed by atoms with Crippen molar-refractivity contribution < 1.29 is 5.11 Å². The van der Waals surface area contributed by atoms with E-state index in [-0.39, 0.29) is 0 Å². The van der Waals surface area contributed by atoms with Crippen molar-refractivity contribution in [2.45, 2.75) is 31.3 Å². The molecule has 0 radical (unpaired) electrons. The fourth-order valence-electron chi connectivity index (χ4n) is 3.67. The summed E-state index contributed by atoms with van der Waals surface area (Å²) in [6.45, 7) is 2.12. The van der Waals surface area contributed by atoms with E-state index in [2.05, 4.69) is 79.7 Å². The van der Waals surface area contributed by atoms with E-state index in [1.165, 1.54) is 0 Å². The minimum Gasteiger partial charge on any atom is -0.391 e. The zero-order valence-corrected chi connectivity index (χ0v) is 14.1. The molecule has 0 spiro atoms. The average Bonchev–Trinajstić information content (AvgIpc) is 2.65. The van der Waals surface area contributed by atoms with Crippen molar-refractivity contribution in [2.24, 2.45) is 0 Å². The van der Waals surface area contributed by atoms with Crippen molar-refractivity contribution in [3.63, 3.8) is 0 Å². The quantitative estimate of drug-likeness (QED) is 0.621. The predicted molar refractivity (Wildman–Crippen MR) is 100 cm³/mol. The van der Waals surface area contributed by atoms with E-state index in [1.807, 2.05) is 18.2 Å². The molecule has 0 aromatic heterocycles. The summed E-state index contributed by atoms with van der Waals surface area (Å²) in [6, 6.07) is 31.1. The first-order valence-electron chi connectivity index (χ1n) is 8.64. The van der Waals surface area contributed by atoms with Crippen LogP contribution in [0.4, 0.5) is 0 Å². The van der Waals surface area contributed by atoms with Gasteiger partial charge in [-0.1, -0.05) is 104 Å². The second-order valence-corrected chi connectivity index (χ2v) is 6.21. The molecule has 0 aliphatic carbocycles. The molecule has 3 rings (SSSR count). The van der Waals surface area contributed by atoms with Gasteiger partial charge in [-0.3, -0.25) is 0 Å². The molecule has 3 aromatic carbocycles. The Morgan fingerprint density at radius 1 is 0.667 bits per heavy atom. The van der Waals surface area contributed by atoms with Gasteiger partial charge >= 0.3 is 0 Å². The Hall–Kier alpha value is -2.38. The smallest absolute Gasteiger partial charge is 0.0718 e. The van der Waals surface area contributed by atoms with Crippen molar-refractivity contribution in [3.8, 4) is 0 Å². The summed E-state index contributed by atoms with van der Waals surface area (Å²) >= 11 is 0. The third-order valence-electron chi connectivity index (χ3n) is 4.75. The second-order valence-electron chi connectivity index (χ2n) is 6.21. The van der Waals surface area contributed by atoms with E-state index >= 15 is 0 Å². The molecule has 3 aromatic rings. The third-order valence-corrected chi connectivity index (χ3v) is 4.75. The van der Waals surface area contributed by atoms with E-state index in [0.717, 1.165) is 29.5 Å². The maximum absolute atomic E-state index is 11.3. The number of benzene rings is 3. The Balaban J connectivity index is 2.33. The number of rotatable bonds is 6. The molecule has 122 valence electrons. The van der Waals surface area contributed by atoms with Gasteiger partial charge in [-0.15, -0.1) is 0 Å². The Morgan fingerprint density at radius 3 is 1.29 bits per heavy atom. The number of hydrogen-bond donors (Lipinski definition) is 1. The zero-order chi connectivity index (χ0) is 16.8. The molecule has 0 saturated heterocycles. The summed E-state index contributed by atoms with van der Waals surface area (Å²) in [6.07, 6.45) is 1.20. The van der Waals surface area contributed by atoms with E-state index < -0.39 is 11.5 Å². The molecule has 0 bridgehead atoms. The molecule has 0 amide bonds. The average molecular weight is 316 g/mol. The lowest BCUT2D eigenvalue weighted by Gasteiger charge is -2.40. The summed E-state index contributed by atoms with van der Waals surface area (Å²) in [5, 5.41) is 11.3. The first kappa shape index (κ1) is 16.5. The van der Waals surface area contributed by atoms with Gasteiger partial charge in [-0.25, -0.2) is 0 Å². The van der Waals surface area contributed by atoms with Crippen LogP contribution in [0.5, 0.6) is 0 Å². The minimum absolute atomic E-state index is 0.491. The maximum Gasteiger partial charge on any atom is 0.0718 e. The molecular formula is C23H24O. The van der Waals surface area contributed by atoms with Crippen molar-refractivity contribution in [1.29, 1.82) is 0 Å². The molecule has 24 heavy (non-hydrogen) atoms. The first-order valence-corrected chi connectivity index (χ1v) is 8.64. The van der Waals surface area contributed by atoms with Crippen molar-refractivity contribution >= 4 is 0 Å². The Bertz CT molecular complexity index is 638. The molecule has 1 unspecified atom stereocenters. The van der Waals surface area contributed by atoms with E-state index in [4.69, 9.17) is 0 Å². The highest BCUT2D eigenvalue weighted by Crippen LogP contribution is 2.43. The van der Waals surface area contributed by atoms with Gasteiger partial charge in [-0.2, -0.15) is 0 Å². The summed E-state index contributed by atoms with van der Waals surface area (Å²) < 4.78 is 0. The second kappa shape index (κ2) is 7.46. The Kier molecular flexibility index (Phi) is 5.12. The summed E-state index contributed by atoms with van der Waals surface area (Å²) in [4.78, 5) is 0. The van der Waals surface area contributed by atoms with Gasteiger partial charge in [0.15, 0.2) is 0 Å². The van der Waals surface area contributed by atoms with Gasteiger partial charge < -0.3 is 5.11 Å². The van der Waals surface area contributed by atoms with Crippen LogP contribution in [0.3, 0.4) is 0 Å². The van der Waals surface area contributed by atoms with Gasteiger partial charge in [0.05, 0.1) is 11.5 Å². The van der Waals surface area contributed by atoms with Crippen molar-refractivity contribution in [3.05, 3.63) is 108 Å². The molecule has 0 fully saturated rings. The largest absolute Gasteiger partial charge is 0.391 e. The van der Waals surface area contributed by atoms with Crippen LogP contribution in [0, 0.1) is 0 Å². The van der Waals surface area contributed by atoms with Crippen LogP contribution in [0.1, 0.15) is 36.5 Å². The topological polar surface area (TPSA) is 20.2 Å². The van der Waals surface area contributed by atoms with Gasteiger partial charge in [0.1, 0.15) is 0 Å². The molecule has 1 nitrogen and oxygen atoms in total. The van der Waals surface area contributed by atoms with Crippen LogP contribution in [-0.4, -0.2) is 11.2 Å². The molecular weight excluding hydrogens is 292 g/mol. The lowest BCUT2D eigenvalue weighted by molar-refractivity contribution is 0.111. The number of aliphatic hydroxyl groups excluding tert-OH is 1. The Labute approximate surface area is 144 Å². The summed E-state index contributed by atoms with van der Waals surface area (Å²) in [5.41, 5.74) is 2.83. The zero-order valence-electron chi connectivity index (χ0n) is 14.1. The summed E-state index contributed by atoms with van der Waals surface area (Å²) in [7, 11) is 0. The van der Waals surface area contributed by atoms with Crippen LogP contribution in [0.25, 0.3) is 0 Å². The minimum atomic E-state index is -0.556. The Morgan fingerprint density at radius 2 is 1.00 bits per heavy atom. The fraction of sp³-hybridized carbons (Fsp3) is 0.217. The lowest BCUT2D eigenvalue weighted by atomic mass is 9.65. The third kappa shape index (κ3) is 2.88. The highest BCUT2D eigenvalue weighted by molar-refractivity contribution is 5.51. The number of aliphatic hydroxyl groups is 1. The first-order chi connectivity index (χ1) is 11.8. The molecule has 1 atom stereocenters. The standard InChI is InChI=1S/C23H24O/c1-2-12-22(24)23(19-13-6-3-7-14-19,20-15-8-4-9-16-20)21-17-10-5-11-18-21/h3-11,13-18,22,24H,2,12H2,1H3. The molecule has 0 aliphatic heterocycles. The van der Waals surface area contributed by atoms with E-state index in [9.17, 15) is 5.11 Å². The van der Waals surface area contributed by atoms with Crippen molar-refractivity contribution in [1.82, 2.24) is 0 Å². The molecule has 0 saturated carbocycles. The van der Waals surface area contributed by atoms with Gasteiger partial charge in [0.2, 0.25) is 0 Å². The van der Waals surface area contributed by atoms with Crippen LogP contribution < -0.4 is 0 Å². The van der Waals surface area contributed by atoms with Crippen molar-refractivity contribution in [2.75, 3.05) is 0 Å². The number of hydrogen-bond acceptors (Lipinski definition) is 1. The van der Waals surface area contributed by atoms with Crippen LogP contribution >= 0.6 is 0 Å². The summed E-state index contributed by atoms with van der Waals surface area (Å²) in [5.74, 6) is 0. The molecule has 1 N–H and O–H groups in total. The molecule has 0 aliphatic rings. The lowest BCUT2D eigenvalue weighted by Crippen LogP contribution is -2.42. The monoisotopic (exact) mass is 316 g/mol. The van der Waals surface area contributed by atoms with Crippen LogP contribution in [0.15, 0.2) is 91.0 Å². The SMILES string of the molecule is CCCC(O)C(c1ccccc1)(c1ccccc1)c1ccccc1. The van der Waals surface area contributed by atoms with Gasteiger partial charge in [0.25, 0.3) is 0 Å². The van der Waals surface area contributed by atoms with Gasteiger partial charge in [-0.05, 0) is 23.1 Å². The molecule has 1 heteroatoms. The highest BCUT2D eigenvalue weighted by Gasteiger charge is 2.42. The van der Waals surface area contributed by atoms with Crippen LogP contribution in [0.2, 0.25) is 0 Å². The highest BCUT2D eigenvalue weighted by atomic mass is 16.3. The normalized spacial score (nSPS) is 12.8.